The quantitative estimate of drug-likeness (QED) is 0.712. The highest BCUT2D eigenvalue weighted by molar-refractivity contribution is 7.99. The molecule has 1 aromatic heterocycles. The van der Waals surface area contributed by atoms with Gasteiger partial charge in [-0.3, -0.25) is 0 Å². The molecule has 2 aromatic carbocycles. The van der Waals surface area contributed by atoms with Crippen LogP contribution in [0.15, 0.2) is 59.3 Å². The molecule has 1 unspecified atom stereocenters. The molecule has 2 aliphatic rings. The summed E-state index contributed by atoms with van der Waals surface area (Å²) in [5, 5.41) is 7.79. The monoisotopic (exact) mass is 350 g/mol. The molecular formula is C19H15FN4S. The Morgan fingerprint density at radius 2 is 2.04 bits per heavy atom. The average Bonchev–Trinajstić information content (AvgIpc) is 3.09. The van der Waals surface area contributed by atoms with Crippen molar-refractivity contribution < 1.29 is 4.39 Å². The van der Waals surface area contributed by atoms with Crippen LogP contribution in [0.1, 0.15) is 22.7 Å². The zero-order valence-corrected chi connectivity index (χ0v) is 14.3. The second kappa shape index (κ2) is 5.46. The third kappa shape index (κ3) is 2.28. The number of rotatable bonds is 1. The van der Waals surface area contributed by atoms with Crippen LogP contribution < -0.4 is 5.32 Å². The van der Waals surface area contributed by atoms with E-state index in [2.05, 4.69) is 46.6 Å². The van der Waals surface area contributed by atoms with E-state index in [0.717, 1.165) is 27.5 Å². The lowest BCUT2D eigenvalue weighted by Crippen LogP contribution is -2.27. The first-order chi connectivity index (χ1) is 12.2. The molecule has 0 fully saturated rings. The van der Waals surface area contributed by atoms with Crippen LogP contribution in [0.4, 0.5) is 10.3 Å². The summed E-state index contributed by atoms with van der Waals surface area (Å²) in [5.74, 6) is 1.29. The molecule has 0 saturated carbocycles. The summed E-state index contributed by atoms with van der Waals surface area (Å²) in [5.41, 5.74) is 5.44. The standard InChI is InChI=1S/C19H15FN4S/c1-11-2-4-12(5-3-11)18-15-9-25-16-7-6-13(20)8-14(16)17(15)23-19-21-10-22-24(18)19/h2-8,10,18H,9H2,1H3,(H,21,22,23). The van der Waals surface area contributed by atoms with Crippen molar-refractivity contribution in [3.63, 3.8) is 0 Å². The fourth-order valence-corrected chi connectivity index (χ4v) is 4.56. The van der Waals surface area contributed by atoms with Crippen LogP contribution in [0, 0.1) is 12.7 Å². The molecule has 0 amide bonds. The Hall–Kier alpha value is -2.60. The van der Waals surface area contributed by atoms with E-state index < -0.39 is 0 Å². The Kier molecular flexibility index (Phi) is 3.21. The number of benzene rings is 2. The Morgan fingerprint density at radius 1 is 1.20 bits per heavy atom. The van der Waals surface area contributed by atoms with Gasteiger partial charge in [0.05, 0.1) is 5.70 Å². The van der Waals surface area contributed by atoms with Gasteiger partial charge in [0.25, 0.3) is 0 Å². The molecule has 0 spiro atoms. The summed E-state index contributed by atoms with van der Waals surface area (Å²) in [4.78, 5) is 5.43. The molecule has 25 heavy (non-hydrogen) atoms. The number of halogens is 1. The van der Waals surface area contributed by atoms with Crippen LogP contribution in [0.3, 0.4) is 0 Å². The predicted octanol–water partition coefficient (Wildman–Crippen LogP) is 4.26. The third-order valence-electron chi connectivity index (χ3n) is 4.69. The lowest BCUT2D eigenvalue weighted by atomic mass is 9.93. The molecule has 0 bridgehead atoms. The lowest BCUT2D eigenvalue weighted by Gasteiger charge is -2.34. The van der Waals surface area contributed by atoms with Gasteiger partial charge in [0.15, 0.2) is 0 Å². The summed E-state index contributed by atoms with van der Waals surface area (Å²) < 4.78 is 15.8. The lowest BCUT2D eigenvalue weighted by molar-refractivity contribution is 0.584. The van der Waals surface area contributed by atoms with Gasteiger partial charge in [-0.25, -0.2) is 9.07 Å². The molecule has 6 heteroatoms. The van der Waals surface area contributed by atoms with E-state index in [1.165, 1.54) is 17.2 Å². The average molecular weight is 350 g/mol. The fraction of sp³-hybridized carbons (Fsp3) is 0.158. The van der Waals surface area contributed by atoms with Crippen LogP contribution in [-0.4, -0.2) is 20.5 Å². The van der Waals surface area contributed by atoms with Gasteiger partial charge in [0, 0.05) is 16.2 Å². The number of nitrogens with zero attached hydrogens (tertiary/aromatic N) is 3. The second-order valence-corrected chi connectivity index (χ2v) is 7.31. The van der Waals surface area contributed by atoms with Crippen molar-refractivity contribution in [1.82, 2.24) is 14.8 Å². The first kappa shape index (κ1) is 14.7. The van der Waals surface area contributed by atoms with Gasteiger partial charge in [-0.05, 0) is 36.3 Å². The summed E-state index contributed by atoms with van der Waals surface area (Å²) in [7, 11) is 0. The topological polar surface area (TPSA) is 42.7 Å². The summed E-state index contributed by atoms with van der Waals surface area (Å²) in [6.07, 6.45) is 1.56. The maximum atomic E-state index is 13.9. The highest BCUT2D eigenvalue weighted by atomic mass is 32.2. The Labute approximate surface area is 148 Å². The Balaban J connectivity index is 1.73. The van der Waals surface area contributed by atoms with Gasteiger partial charge in [0.2, 0.25) is 5.95 Å². The first-order valence-electron chi connectivity index (χ1n) is 8.09. The number of hydrogen-bond acceptors (Lipinski definition) is 4. The van der Waals surface area contributed by atoms with E-state index in [-0.39, 0.29) is 11.9 Å². The number of hydrogen-bond donors (Lipinski definition) is 1. The van der Waals surface area contributed by atoms with Crippen molar-refractivity contribution in [2.24, 2.45) is 0 Å². The molecule has 1 N–H and O–H groups in total. The molecule has 0 saturated heterocycles. The van der Waals surface area contributed by atoms with Crippen molar-refractivity contribution in [1.29, 1.82) is 0 Å². The molecule has 3 heterocycles. The van der Waals surface area contributed by atoms with Gasteiger partial charge < -0.3 is 5.32 Å². The number of fused-ring (bicyclic) bond motifs is 3. The summed E-state index contributed by atoms with van der Waals surface area (Å²) in [6, 6.07) is 13.4. The predicted molar refractivity (Wildman–Crippen MR) is 97.0 cm³/mol. The van der Waals surface area contributed by atoms with E-state index in [9.17, 15) is 4.39 Å². The Bertz CT molecular complexity index is 1010. The number of anilines is 1. The van der Waals surface area contributed by atoms with Crippen LogP contribution in [0.5, 0.6) is 0 Å². The van der Waals surface area contributed by atoms with Gasteiger partial charge >= 0.3 is 0 Å². The zero-order valence-electron chi connectivity index (χ0n) is 13.5. The summed E-state index contributed by atoms with van der Waals surface area (Å²) >= 11 is 1.74. The van der Waals surface area contributed by atoms with Crippen LogP contribution in [0.2, 0.25) is 0 Å². The maximum Gasteiger partial charge on any atom is 0.226 e. The number of nitrogens with one attached hydrogen (secondary N) is 1. The molecule has 1 atom stereocenters. The SMILES string of the molecule is Cc1ccc(C2C3=C(Nc4ncnn42)c2cc(F)ccc2SC3)cc1. The number of aryl methyl sites for hydroxylation is 1. The molecule has 2 aliphatic heterocycles. The minimum atomic E-state index is -0.228. The minimum Gasteiger partial charge on any atom is -0.324 e. The smallest absolute Gasteiger partial charge is 0.226 e. The number of thioether (sulfide) groups is 1. The molecule has 0 aliphatic carbocycles. The molecule has 3 aromatic rings. The van der Waals surface area contributed by atoms with E-state index in [1.807, 2.05) is 10.7 Å². The highest BCUT2D eigenvalue weighted by Crippen LogP contribution is 2.46. The first-order valence-corrected chi connectivity index (χ1v) is 9.08. The van der Waals surface area contributed by atoms with E-state index in [1.54, 1.807) is 24.2 Å². The third-order valence-corrected chi connectivity index (χ3v) is 5.82. The van der Waals surface area contributed by atoms with E-state index in [0.29, 0.717) is 5.95 Å². The van der Waals surface area contributed by atoms with Crippen molar-refractivity contribution in [3.8, 4) is 0 Å². The normalized spacial score (nSPS) is 18.2. The molecule has 5 rings (SSSR count). The largest absolute Gasteiger partial charge is 0.324 e. The fourth-order valence-electron chi connectivity index (χ4n) is 3.47. The Morgan fingerprint density at radius 3 is 2.88 bits per heavy atom. The highest BCUT2D eigenvalue weighted by Gasteiger charge is 2.34. The molecule has 4 nitrogen and oxygen atoms in total. The van der Waals surface area contributed by atoms with Crippen molar-refractivity contribution >= 4 is 23.4 Å². The van der Waals surface area contributed by atoms with Crippen molar-refractivity contribution in [3.05, 3.63) is 76.9 Å². The molecular weight excluding hydrogens is 335 g/mol. The second-order valence-electron chi connectivity index (χ2n) is 6.30. The van der Waals surface area contributed by atoms with Crippen LogP contribution >= 0.6 is 11.8 Å². The zero-order chi connectivity index (χ0) is 17.0. The molecule has 0 radical (unpaired) electrons. The van der Waals surface area contributed by atoms with E-state index in [4.69, 9.17) is 0 Å². The van der Waals surface area contributed by atoms with Crippen molar-refractivity contribution in [2.45, 2.75) is 17.9 Å². The van der Waals surface area contributed by atoms with Gasteiger partial charge in [-0.1, -0.05) is 29.8 Å². The van der Waals surface area contributed by atoms with Crippen LogP contribution in [-0.2, 0) is 0 Å². The van der Waals surface area contributed by atoms with Gasteiger partial charge in [0.1, 0.15) is 18.2 Å². The van der Waals surface area contributed by atoms with Crippen molar-refractivity contribution in [2.75, 3.05) is 11.1 Å². The van der Waals surface area contributed by atoms with Gasteiger partial charge in [-0.15, -0.1) is 11.8 Å². The number of aromatic nitrogens is 3. The van der Waals surface area contributed by atoms with Crippen LogP contribution in [0.25, 0.3) is 5.70 Å². The van der Waals surface area contributed by atoms with E-state index >= 15 is 0 Å². The maximum absolute atomic E-state index is 13.9. The minimum absolute atomic E-state index is 0.0294. The summed E-state index contributed by atoms with van der Waals surface area (Å²) in [6.45, 7) is 2.08. The van der Waals surface area contributed by atoms with Gasteiger partial charge in [-0.2, -0.15) is 10.1 Å². The molecule has 124 valence electrons.